The molecule has 3 aromatic rings. The van der Waals surface area contributed by atoms with Gasteiger partial charge in [-0.15, -0.1) is 0 Å². The number of Topliss-reactive ketones (excluding diaryl/α,β-unsaturated/α-hetero) is 1. The Morgan fingerprint density at radius 1 is 1.16 bits per heavy atom. The summed E-state index contributed by atoms with van der Waals surface area (Å²) >= 11 is 0. The number of aliphatic hydroxyl groups is 1. The number of fused-ring (bicyclic) bond motifs is 1. The van der Waals surface area contributed by atoms with Crippen LogP contribution in [0.5, 0.6) is 0 Å². The van der Waals surface area contributed by atoms with E-state index in [1.807, 2.05) is 38.1 Å². The molecule has 160 valence electrons. The number of aryl methyl sites for hydroxylation is 2. The van der Waals surface area contributed by atoms with Crippen molar-refractivity contribution in [3.63, 3.8) is 0 Å². The number of likely N-dealkylation sites (tertiary alicyclic amines) is 1. The average Bonchev–Trinajstić information content (AvgIpc) is 3.21. The summed E-state index contributed by atoms with van der Waals surface area (Å²) in [6, 6.07) is 6.62. The van der Waals surface area contributed by atoms with E-state index in [-0.39, 0.29) is 11.3 Å². The topological polar surface area (TPSA) is 91.0 Å². The van der Waals surface area contributed by atoms with E-state index in [1.54, 1.807) is 42.0 Å². The van der Waals surface area contributed by atoms with Gasteiger partial charge in [0.25, 0.3) is 11.7 Å². The van der Waals surface area contributed by atoms with E-state index in [1.165, 1.54) is 4.90 Å². The highest BCUT2D eigenvalue weighted by molar-refractivity contribution is 6.46. The fourth-order valence-corrected chi connectivity index (χ4v) is 4.04. The summed E-state index contributed by atoms with van der Waals surface area (Å²) in [6.07, 6.45) is 5.02. The Morgan fingerprint density at radius 2 is 1.87 bits per heavy atom. The van der Waals surface area contributed by atoms with Crippen molar-refractivity contribution in [1.82, 2.24) is 24.2 Å². The Labute approximate surface area is 180 Å². The molecular weight excluding hydrogens is 394 g/mol. The van der Waals surface area contributed by atoms with Gasteiger partial charge in [0, 0.05) is 31.7 Å². The zero-order valence-electron chi connectivity index (χ0n) is 18.0. The number of hydrogen-bond acceptors (Lipinski definition) is 6. The smallest absolute Gasteiger partial charge is 0.295 e. The maximum atomic E-state index is 13.1. The van der Waals surface area contributed by atoms with Gasteiger partial charge in [-0.3, -0.25) is 19.0 Å². The van der Waals surface area contributed by atoms with Crippen LogP contribution in [0, 0.1) is 13.8 Å². The molecule has 0 saturated carbocycles. The Hall–Kier alpha value is -3.52. The Kier molecular flexibility index (Phi) is 5.32. The largest absolute Gasteiger partial charge is 0.505 e. The summed E-state index contributed by atoms with van der Waals surface area (Å²) in [5, 5.41) is 11.4. The van der Waals surface area contributed by atoms with Crippen molar-refractivity contribution in [2.24, 2.45) is 0 Å². The Balaban J connectivity index is 1.94. The number of hydrogen-bond donors (Lipinski definition) is 1. The van der Waals surface area contributed by atoms with E-state index in [0.29, 0.717) is 30.1 Å². The highest BCUT2D eigenvalue weighted by Crippen LogP contribution is 2.39. The molecule has 0 spiro atoms. The van der Waals surface area contributed by atoms with Crippen molar-refractivity contribution in [1.29, 1.82) is 0 Å². The van der Waals surface area contributed by atoms with Crippen LogP contribution in [0.4, 0.5) is 0 Å². The molecule has 1 N–H and O–H groups in total. The van der Waals surface area contributed by atoms with Crippen LogP contribution in [0.3, 0.4) is 0 Å². The fraction of sp³-hybridized carbons (Fsp3) is 0.304. The molecule has 1 saturated heterocycles. The molecule has 0 aliphatic carbocycles. The highest BCUT2D eigenvalue weighted by atomic mass is 16.3. The zero-order valence-corrected chi connectivity index (χ0v) is 18.0. The third-order valence-electron chi connectivity index (χ3n) is 5.59. The number of carbonyl (C=O) groups is 2. The van der Waals surface area contributed by atoms with Crippen LogP contribution in [-0.2, 0) is 9.59 Å². The summed E-state index contributed by atoms with van der Waals surface area (Å²) in [5.74, 6) is -1.53. The normalized spacial score (nSPS) is 18.5. The highest BCUT2D eigenvalue weighted by Gasteiger charge is 2.46. The summed E-state index contributed by atoms with van der Waals surface area (Å²) in [5.41, 5.74) is 3.44. The number of carbonyl (C=O) groups excluding carboxylic acids is 2. The lowest BCUT2D eigenvalue weighted by Crippen LogP contribution is -2.35. The van der Waals surface area contributed by atoms with Crippen molar-refractivity contribution < 1.29 is 14.7 Å². The van der Waals surface area contributed by atoms with E-state index < -0.39 is 17.7 Å². The second kappa shape index (κ2) is 7.96. The van der Waals surface area contributed by atoms with Gasteiger partial charge in [-0.05, 0) is 57.3 Å². The number of ketones is 1. The molecule has 1 fully saturated rings. The quantitative estimate of drug-likeness (QED) is 0.388. The maximum absolute atomic E-state index is 13.1. The average molecular weight is 419 g/mol. The number of amides is 1. The molecule has 1 unspecified atom stereocenters. The van der Waals surface area contributed by atoms with Gasteiger partial charge < -0.3 is 14.9 Å². The van der Waals surface area contributed by atoms with Crippen LogP contribution < -0.4 is 0 Å². The summed E-state index contributed by atoms with van der Waals surface area (Å²) in [7, 11) is 3.81. The molecule has 0 radical (unpaired) electrons. The summed E-state index contributed by atoms with van der Waals surface area (Å²) < 4.78 is 1.76. The fourth-order valence-electron chi connectivity index (χ4n) is 4.04. The van der Waals surface area contributed by atoms with E-state index in [9.17, 15) is 14.7 Å². The minimum absolute atomic E-state index is 0.0707. The molecule has 3 aromatic heterocycles. The predicted octanol–water partition coefficient (Wildman–Crippen LogP) is 2.33. The van der Waals surface area contributed by atoms with Crippen LogP contribution in [0.1, 0.15) is 28.6 Å². The first-order valence-corrected chi connectivity index (χ1v) is 10.1. The second-order valence-corrected chi connectivity index (χ2v) is 8.01. The number of aliphatic hydroxyl groups excluding tert-OH is 1. The van der Waals surface area contributed by atoms with E-state index in [0.717, 1.165) is 11.1 Å². The van der Waals surface area contributed by atoms with Gasteiger partial charge in [-0.2, -0.15) is 0 Å². The molecule has 4 heterocycles. The van der Waals surface area contributed by atoms with E-state index >= 15 is 0 Å². The number of pyridine rings is 2. The first-order valence-electron chi connectivity index (χ1n) is 10.1. The lowest BCUT2D eigenvalue weighted by atomic mass is 9.97. The monoisotopic (exact) mass is 419 g/mol. The molecule has 31 heavy (non-hydrogen) atoms. The first-order chi connectivity index (χ1) is 14.8. The number of nitrogens with zero attached hydrogens (tertiary/aromatic N) is 5. The van der Waals surface area contributed by atoms with Crippen LogP contribution in [0.2, 0.25) is 0 Å². The maximum Gasteiger partial charge on any atom is 0.295 e. The molecule has 1 aliphatic rings. The van der Waals surface area contributed by atoms with Gasteiger partial charge in [0.15, 0.2) is 5.76 Å². The van der Waals surface area contributed by atoms with Crippen molar-refractivity contribution in [3.8, 4) is 0 Å². The van der Waals surface area contributed by atoms with Crippen LogP contribution in [-0.4, -0.2) is 68.2 Å². The minimum atomic E-state index is -0.697. The molecule has 0 aromatic carbocycles. The standard InChI is InChI=1S/C23H25N5O3/c1-14-6-5-11-27-18(15(2)25-22(14)27)20(29)17-19(16-7-9-24-10-8-16)28(13-12-26(3)4)23(31)21(17)30/h5-11,19,29H,12-13H2,1-4H3. The molecule has 1 amide bonds. The van der Waals surface area contributed by atoms with E-state index in [4.69, 9.17) is 0 Å². The first kappa shape index (κ1) is 20.7. The molecule has 4 rings (SSSR count). The number of likely N-dealkylation sites (N-methyl/N-ethyl adjacent to an activating group) is 1. The van der Waals surface area contributed by atoms with Crippen LogP contribution in [0.15, 0.2) is 48.4 Å². The Morgan fingerprint density at radius 3 is 2.55 bits per heavy atom. The van der Waals surface area contributed by atoms with Gasteiger partial charge >= 0.3 is 0 Å². The van der Waals surface area contributed by atoms with Crippen molar-refractivity contribution >= 4 is 23.1 Å². The SMILES string of the molecule is Cc1nc2c(C)cccn2c1C(O)=C1C(=O)C(=O)N(CCN(C)C)C1c1ccncc1. The number of imidazole rings is 1. The van der Waals surface area contributed by atoms with Gasteiger partial charge in [-0.25, -0.2) is 4.98 Å². The van der Waals surface area contributed by atoms with E-state index in [2.05, 4.69) is 9.97 Å². The second-order valence-electron chi connectivity index (χ2n) is 8.01. The van der Waals surface area contributed by atoms with Gasteiger partial charge in [-0.1, -0.05) is 6.07 Å². The van der Waals surface area contributed by atoms with Gasteiger partial charge in [0.2, 0.25) is 0 Å². The van der Waals surface area contributed by atoms with Crippen LogP contribution in [0.25, 0.3) is 11.4 Å². The third-order valence-corrected chi connectivity index (χ3v) is 5.59. The summed E-state index contributed by atoms with van der Waals surface area (Å²) in [4.78, 5) is 38.2. The molecule has 1 atom stereocenters. The number of aromatic nitrogens is 3. The lowest BCUT2D eigenvalue weighted by Gasteiger charge is -2.26. The predicted molar refractivity (Wildman–Crippen MR) is 116 cm³/mol. The summed E-state index contributed by atoms with van der Waals surface area (Å²) in [6.45, 7) is 4.66. The third kappa shape index (κ3) is 3.48. The zero-order chi connectivity index (χ0) is 22.3. The molecule has 1 aliphatic heterocycles. The lowest BCUT2D eigenvalue weighted by molar-refractivity contribution is -0.140. The molecule has 8 nitrogen and oxygen atoms in total. The number of rotatable bonds is 5. The van der Waals surface area contributed by atoms with Gasteiger partial charge in [0.05, 0.1) is 17.3 Å². The van der Waals surface area contributed by atoms with Crippen molar-refractivity contribution in [2.75, 3.05) is 27.2 Å². The van der Waals surface area contributed by atoms with Crippen molar-refractivity contribution in [2.45, 2.75) is 19.9 Å². The molecule has 8 heteroatoms. The van der Waals surface area contributed by atoms with Gasteiger partial charge in [0.1, 0.15) is 11.3 Å². The molecular formula is C23H25N5O3. The van der Waals surface area contributed by atoms with Crippen LogP contribution >= 0.6 is 0 Å². The van der Waals surface area contributed by atoms with Crippen molar-refractivity contribution in [3.05, 3.63) is 70.9 Å². The molecule has 0 bridgehead atoms. The Bertz CT molecular complexity index is 1200. The minimum Gasteiger partial charge on any atom is -0.505 e.